The van der Waals surface area contributed by atoms with Gasteiger partial charge in [0.05, 0.1) is 5.75 Å². The van der Waals surface area contributed by atoms with Crippen LogP contribution in [0.2, 0.25) is 0 Å². The third-order valence-corrected chi connectivity index (χ3v) is 2.96. The summed E-state index contributed by atoms with van der Waals surface area (Å²) in [6.07, 6.45) is 7.38. The quantitative estimate of drug-likeness (QED) is 0.244. The van der Waals surface area contributed by atoms with E-state index in [2.05, 4.69) is 12.2 Å². The summed E-state index contributed by atoms with van der Waals surface area (Å²) in [5, 5.41) is 2.99. The Morgan fingerprint density at radius 3 is 2.06 bits per heavy atom. The standard InChI is InChI=1S/C10H23NO3S.2Na.2H/c1-2-3-4-5-6-7-8-11-9-10-15(12,13)14;;;;/h11H,2-10H2,1H3,(H,12,13,14);;;;/q;2*+1;2*-1. The molecule has 7 heteroatoms. The molecule has 0 radical (unpaired) electrons. The molecule has 17 heavy (non-hydrogen) atoms. The normalized spacial score (nSPS) is 10.5. The van der Waals surface area contributed by atoms with Crippen LogP contribution in [0.4, 0.5) is 0 Å². The number of hydrogen-bond donors (Lipinski definition) is 2. The van der Waals surface area contributed by atoms with Gasteiger partial charge in [-0.25, -0.2) is 0 Å². The van der Waals surface area contributed by atoms with Gasteiger partial charge in [0.25, 0.3) is 10.1 Å². The molecule has 0 aromatic carbocycles. The first-order valence-corrected chi connectivity index (χ1v) is 7.33. The van der Waals surface area contributed by atoms with Gasteiger partial charge in [0, 0.05) is 6.54 Å². The van der Waals surface area contributed by atoms with Gasteiger partial charge in [0.2, 0.25) is 0 Å². The minimum absolute atomic E-state index is 0. The zero-order valence-corrected chi connectivity index (χ0v) is 16.4. The number of unbranched alkanes of at least 4 members (excludes halogenated alkanes) is 5. The van der Waals surface area contributed by atoms with Crippen LogP contribution in [0, 0.1) is 0 Å². The van der Waals surface area contributed by atoms with Crippen molar-refractivity contribution >= 4 is 10.1 Å². The maximum absolute atomic E-state index is 10.4. The molecule has 0 aromatic heterocycles. The van der Waals surface area contributed by atoms with Gasteiger partial charge in [-0.1, -0.05) is 39.0 Å². The van der Waals surface area contributed by atoms with Gasteiger partial charge in [0.15, 0.2) is 0 Å². The van der Waals surface area contributed by atoms with Crippen LogP contribution >= 0.6 is 0 Å². The van der Waals surface area contributed by atoms with Gasteiger partial charge in [-0.15, -0.1) is 0 Å². The molecule has 0 aliphatic rings. The molecule has 0 rings (SSSR count). The third-order valence-electron chi connectivity index (χ3n) is 2.24. The summed E-state index contributed by atoms with van der Waals surface area (Å²) in [4.78, 5) is 0. The molecule has 0 amide bonds. The van der Waals surface area contributed by atoms with Crippen LogP contribution < -0.4 is 64.4 Å². The van der Waals surface area contributed by atoms with Gasteiger partial charge in [-0.2, -0.15) is 8.42 Å². The Morgan fingerprint density at radius 2 is 1.53 bits per heavy atom. The number of nitrogens with one attached hydrogen (secondary N) is 1. The molecule has 0 unspecified atom stereocenters. The monoisotopic (exact) mass is 285 g/mol. The van der Waals surface area contributed by atoms with Crippen molar-refractivity contribution in [2.24, 2.45) is 0 Å². The van der Waals surface area contributed by atoms with Crippen molar-refractivity contribution in [1.82, 2.24) is 5.32 Å². The fraction of sp³-hybridized carbons (Fsp3) is 1.00. The fourth-order valence-electron chi connectivity index (χ4n) is 1.36. The van der Waals surface area contributed by atoms with Gasteiger partial charge >= 0.3 is 59.1 Å². The molecule has 0 saturated carbocycles. The van der Waals surface area contributed by atoms with Crippen LogP contribution in [0.3, 0.4) is 0 Å². The van der Waals surface area contributed by atoms with Crippen LogP contribution in [0.15, 0.2) is 0 Å². The Hall–Kier alpha value is 1.87. The topological polar surface area (TPSA) is 66.4 Å². The second-order valence-electron chi connectivity index (χ2n) is 3.80. The average molecular weight is 285 g/mol. The maximum atomic E-state index is 10.4. The molecule has 0 atom stereocenters. The summed E-state index contributed by atoms with van der Waals surface area (Å²) >= 11 is 0. The summed E-state index contributed by atoms with van der Waals surface area (Å²) in [5.41, 5.74) is 0. The van der Waals surface area contributed by atoms with Crippen molar-refractivity contribution in [2.75, 3.05) is 18.8 Å². The third kappa shape index (κ3) is 23.4. The summed E-state index contributed by atoms with van der Waals surface area (Å²) in [6, 6.07) is 0. The molecule has 0 fully saturated rings. The fourth-order valence-corrected chi connectivity index (χ4v) is 1.76. The van der Waals surface area contributed by atoms with E-state index in [9.17, 15) is 8.42 Å². The molecular weight excluding hydrogens is 260 g/mol. The van der Waals surface area contributed by atoms with Crippen molar-refractivity contribution in [3.05, 3.63) is 0 Å². The minimum Gasteiger partial charge on any atom is -1.00 e. The Morgan fingerprint density at radius 1 is 1.00 bits per heavy atom. The molecule has 0 saturated heterocycles. The predicted octanol–water partition coefficient (Wildman–Crippen LogP) is -3.94. The van der Waals surface area contributed by atoms with E-state index < -0.39 is 10.1 Å². The van der Waals surface area contributed by atoms with E-state index in [4.69, 9.17) is 4.55 Å². The average Bonchev–Trinajstić information content (AvgIpc) is 2.14. The Kier molecular flexibility index (Phi) is 22.4. The second-order valence-corrected chi connectivity index (χ2v) is 5.38. The van der Waals surface area contributed by atoms with Crippen LogP contribution in [0.25, 0.3) is 0 Å². The van der Waals surface area contributed by atoms with Crippen LogP contribution in [0.1, 0.15) is 48.3 Å². The van der Waals surface area contributed by atoms with E-state index in [1.807, 2.05) is 0 Å². The van der Waals surface area contributed by atoms with Gasteiger partial charge in [0.1, 0.15) is 0 Å². The Bertz CT molecular complexity index is 245. The van der Waals surface area contributed by atoms with Crippen LogP contribution in [-0.4, -0.2) is 31.8 Å². The number of rotatable bonds is 10. The van der Waals surface area contributed by atoms with E-state index in [0.29, 0.717) is 6.54 Å². The smallest absolute Gasteiger partial charge is 1.00 e. The SMILES string of the molecule is CCCCCCCCNCCS(=O)(=O)O.[H-].[H-].[Na+].[Na+]. The van der Waals surface area contributed by atoms with E-state index in [1.54, 1.807) is 0 Å². The first kappa shape index (κ1) is 23.9. The zero-order valence-electron chi connectivity index (χ0n) is 13.5. The molecule has 0 aliphatic carbocycles. The molecule has 0 spiro atoms. The zero-order chi connectivity index (χ0) is 11.6. The molecule has 0 aliphatic heterocycles. The maximum Gasteiger partial charge on any atom is 1.00 e. The Labute approximate surface area is 153 Å². The summed E-state index contributed by atoms with van der Waals surface area (Å²) in [7, 11) is -3.79. The molecule has 0 aromatic rings. The van der Waals surface area contributed by atoms with Gasteiger partial charge in [-0.05, 0) is 13.0 Å². The van der Waals surface area contributed by atoms with Gasteiger partial charge in [-0.3, -0.25) is 4.55 Å². The van der Waals surface area contributed by atoms with Crippen molar-refractivity contribution in [3.63, 3.8) is 0 Å². The van der Waals surface area contributed by atoms with Crippen LogP contribution in [0.5, 0.6) is 0 Å². The van der Waals surface area contributed by atoms with Crippen molar-refractivity contribution in [1.29, 1.82) is 0 Å². The predicted molar refractivity (Wildman–Crippen MR) is 64.9 cm³/mol. The van der Waals surface area contributed by atoms with Crippen molar-refractivity contribution in [3.8, 4) is 0 Å². The molecule has 96 valence electrons. The molecule has 2 N–H and O–H groups in total. The summed E-state index contributed by atoms with van der Waals surface area (Å²) in [6.45, 7) is 3.37. The molecule has 4 nitrogen and oxygen atoms in total. The first-order valence-electron chi connectivity index (χ1n) is 5.72. The minimum atomic E-state index is -3.79. The van der Waals surface area contributed by atoms with E-state index in [-0.39, 0.29) is 67.7 Å². The van der Waals surface area contributed by atoms with E-state index in [1.165, 1.54) is 32.1 Å². The van der Waals surface area contributed by atoms with Gasteiger partial charge < -0.3 is 8.17 Å². The number of hydrogen-bond acceptors (Lipinski definition) is 3. The summed E-state index contributed by atoms with van der Waals surface area (Å²) in [5.74, 6) is -0.192. The molecule has 0 bridgehead atoms. The molecule has 0 heterocycles. The van der Waals surface area contributed by atoms with Crippen molar-refractivity contribution < 1.29 is 74.9 Å². The second kappa shape index (κ2) is 15.9. The van der Waals surface area contributed by atoms with E-state index >= 15 is 0 Å². The Balaban J connectivity index is -0.000000163. The first-order chi connectivity index (χ1) is 7.06. The van der Waals surface area contributed by atoms with Crippen LogP contribution in [-0.2, 0) is 10.1 Å². The molecular formula is C10H25NNa2O3S. The van der Waals surface area contributed by atoms with Crippen molar-refractivity contribution in [2.45, 2.75) is 45.4 Å². The largest absolute Gasteiger partial charge is 1.00 e. The van der Waals surface area contributed by atoms with E-state index in [0.717, 1.165) is 13.0 Å². The summed E-state index contributed by atoms with van der Waals surface area (Å²) < 4.78 is 29.2.